The number of furan rings is 1. The van der Waals surface area contributed by atoms with Crippen LogP contribution in [0.15, 0.2) is 51.8 Å². The molecule has 0 bridgehead atoms. The summed E-state index contributed by atoms with van der Waals surface area (Å²) in [6, 6.07) is 9.62. The second kappa shape index (κ2) is 10.8. The molecule has 0 fully saturated rings. The molecule has 1 amide bonds. The first-order chi connectivity index (χ1) is 14.6. The van der Waals surface area contributed by atoms with Crippen molar-refractivity contribution in [3.05, 3.63) is 54.0 Å². The van der Waals surface area contributed by atoms with Gasteiger partial charge in [-0.05, 0) is 36.6 Å². The van der Waals surface area contributed by atoms with E-state index >= 15 is 0 Å². The van der Waals surface area contributed by atoms with E-state index in [0.717, 1.165) is 0 Å². The molecule has 0 spiro atoms. The third kappa shape index (κ3) is 7.25. The summed E-state index contributed by atoms with van der Waals surface area (Å²) >= 11 is 0. The number of hydrogen-bond donors (Lipinski definition) is 1. The highest BCUT2D eigenvalue weighted by Crippen LogP contribution is 2.18. The van der Waals surface area contributed by atoms with Crippen molar-refractivity contribution in [1.29, 1.82) is 0 Å². The third-order valence-corrected chi connectivity index (χ3v) is 5.81. The summed E-state index contributed by atoms with van der Waals surface area (Å²) in [5.74, 6) is -2.69. The van der Waals surface area contributed by atoms with Gasteiger partial charge in [0.1, 0.15) is 17.6 Å². The van der Waals surface area contributed by atoms with Gasteiger partial charge in [-0.2, -0.15) is 0 Å². The predicted octanol–water partition coefficient (Wildman–Crippen LogP) is 2.11. The zero-order chi connectivity index (χ0) is 23.0. The van der Waals surface area contributed by atoms with Crippen LogP contribution in [0.2, 0.25) is 0 Å². The number of nitrogens with one attached hydrogen (secondary N) is 1. The third-order valence-electron chi connectivity index (χ3n) is 4.16. The van der Waals surface area contributed by atoms with E-state index in [4.69, 9.17) is 9.15 Å². The Bertz CT molecular complexity index is 1010. The predicted molar refractivity (Wildman–Crippen MR) is 110 cm³/mol. The van der Waals surface area contributed by atoms with Crippen LogP contribution in [0.25, 0.3) is 0 Å². The maximum atomic E-state index is 12.4. The number of benzene rings is 1. The summed E-state index contributed by atoms with van der Waals surface area (Å²) in [7, 11) is -2.42. The SMILES string of the molecule is COC(=O)C(CC(C)C)NC(=O)COC(=O)c1ccc(CS(=O)(=O)c2ccccc2)o1. The van der Waals surface area contributed by atoms with Crippen LogP contribution >= 0.6 is 0 Å². The molecule has 0 saturated heterocycles. The average molecular weight is 451 g/mol. The molecule has 2 aromatic rings. The van der Waals surface area contributed by atoms with Gasteiger partial charge in [0.05, 0.1) is 12.0 Å². The molecule has 1 aromatic carbocycles. The molecule has 2 rings (SSSR count). The summed E-state index contributed by atoms with van der Waals surface area (Å²) in [4.78, 5) is 36.0. The minimum atomic E-state index is -3.64. The summed E-state index contributed by atoms with van der Waals surface area (Å²) in [6.07, 6.45) is 0.365. The molecule has 10 heteroatoms. The standard InChI is InChI=1S/C21H25NO8S/c1-14(2)11-17(20(24)28-3)22-19(23)12-29-21(25)18-10-9-15(30-18)13-31(26,27)16-7-5-4-6-8-16/h4-10,14,17H,11-13H2,1-3H3,(H,22,23). The van der Waals surface area contributed by atoms with Crippen molar-refractivity contribution in [2.24, 2.45) is 5.92 Å². The maximum absolute atomic E-state index is 12.4. The van der Waals surface area contributed by atoms with Crippen LogP contribution in [0.5, 0.6) is 0 Å². The monoisotopic (exact) mass is 451 g/mol. The number of methoxy groups -OCH3 is 1. The lowest BCUT2D eigenvalue weighted by Gasteiger charge is -2.18. The quantitative estimate of drug-likeness (QED) is 0.544. The molecule has 0 aliphatic rings. The highest BCUT2D eigenvalue weighted by Gasteiger charge is 2.24. The van der Waals surface area contributed by atoms with E-state index < -0.39 is 46.1 Å². The fourth-order valence-electron chi connectivity index (χ4n) is 2.73. The van der Waals surface area contributed by atoms with Gasteiger partial charge in [-0.25, -0.2) is 18.0 Å². The second-order valence-electron chi connectivity index (χ2n) is 7.19. The minimum absolute atomic E-state index is 0.0583. The Morgan fingerprint density at radius 2 is 1.74 bits per heavy atom. The van der Waals surface area contributed by atoms with Crippen LogP contribution in [0, 0.1) is 5.92 Å². The largest absolute Gasteiger partial charge is 0.467 e. The molecule has 0 aliphatic heterocycles. The van der Waals surface area contributed by atoms with Crippen molar-refractivity contribution in [3.8, 4) is 0 Å². The van der Waals surface area contributed by atoms with Gasteiger partial charge in [0.2, 0.25) is 5.76 Å². The van der Waals surface area contributed by atoms with E-state index in [-0.39, 0.29) is 22.3 Å². The Morgan fingerprint density at radius 3 is 2.35 bits per heavy atom. The lowest BCUT2D eigenvalue weighted by atomic mass is 10.0. The molecule has 0 radical (unpaired) electrons. The number of carbonyl (C=O) groups excluding carboxylic acids is 3. The van der Waals surface area contributed by atoms with Crippen molar-refractivity contribution in [1.82, 2.24) is 5.32 Å². The van der Waals surface area contributed by atoms with E-state index in [9.17, 15) is 22.8 Å². The van der Waals surface area contributed by atoms with Crippen LogP contribution < -0.4 is 5.32 Å². The zero-order valence-electron chi connectivity index (χ0n) is 17.5. The Labute approximate surface area is 180 Å². The molecule has 1 N–H and O–H groups in total. The molecule has 1 aromatic heterocycles. The van der Waals surface area contributed by atoms with Crippen molar-refractivity contribution in [2.45, 2.75) is 37.0 Å². The van der Waals surface area contributed by atoms with E-state index in [0.29, 0.717) is 6.42 Å². The lowest BCUT2D eigenvalue weighted by Crippen LogP contribution is -2.44. The average Bonchev–Trinajstić information content (AvgIpc) is 3.19. The maximum Gasteiger partial charge on any atom is 0.374 e. The van der Waals surface area contributed by atoms with Gasteiger partial charge < -0.3 is 19.2 Å². The number of hydrogen-bond acceptors (Lipinski definition) is 8. The highest BCUT2D eigenvalue weighted by molar-refractivity contribution is 7.90. The normalized spacial score (nSPS) is 12.3. The van der Waals surface area contributed by atoms with Crippen LogP contribution in [-0.4, -0.2) is 46.0 Å². The Hall–Kier alpha value is -3.14. The number of carbonyl (C=O) groups is 3. The van der Waals surface area contributed by atoms with Gasteiger partial charge in [0.25, 0.3) is 5.91 Å². The first kappa shape index (κ1) is 24.1. The Kier molecular flexibility index (Phi) is 8.38. The summed E-state index contributed by atoms with van der Waals surface area (Å²) in [6.45, 7) is 3.13. The zero-order valence-corrected chi connectivity index (χ0v) is 18.3. The minimum Gasteiger partial charge on any atom is -0.467 e. The molecule has 1 unspecified atom stereocenters. The summed E-state index contributed by atoms with van der Waals surface area (Å²) < 4.78 is 39.6. The van der Waals surface area contributed by atoms with E-state index in [1.165, 1.54) is 31.4 Å². The number of sulfone groups is 1. The van der Waals surface area contributed by atoms with Crippen LogP contribution in [0.4, 0.5) is 0 Å². The van der Waals surface area contributed by atoms with E-state index in [1.807, 2.05) is 13.8 Å². The van der Waals surface area contributed by atoms with Crippen LogP contribution in [0.3, 0.4) is 0 Å². The molecule has 0 saturated carbocycles. The van der Waals surface area contributed by atoms with Crippen molar-refractivity contribution in [3.63, 3.8) is 0 Å². The Balaban J connectivity index is 1.92. The van der Waals surface area contributed by atoms with Gasteiger partial charge in [-0.1, -0.05) is 32.0 Å². The fourth-order valence-corrected chi connectivity index (χ4v) is 4.00. The molecule has 0 aliphatic carbocycles. The lowest BCUT2D eigenvalue weighted by molar-refractivity contribution is -0.145. The van der Waals surface area contributed by atoms with Crippen LogP contribution in [-0.2, 0) is 34.7 Å². The second-order valence-corrected chi connectivity index (χ2v) is 9.18. The molecule has 9 nitrogen and oxygen atoms in total. The fraction of sp³-hybridized carbons (Fsp3) is 0.381. The number of esters is 2. The molecular weight excluding hydrogens is 426 g/mol. The van der Waals surface area contributed by atoms with Crippen molar-refractivity contribution >= 4 is 27.7 Å². The van der Waals surface area contributed by atoms with Crippen molar-refractivity contribution in [2.75, 3.05) is 13.7 Å². The summed E-state index contributed by atoms with van der Waals surface area (Å²) in [5, 5.41) is 2.46. The van der Waals surface area contributed by atoms with Gasteiger partial charge in [0.15, 0.2) is 16.4 Å². The topological polar surface area (TPSA) is 129 Å². The molecule has 31 heavy (non-hydrogen) atoms. The summed E-state index contributed by atoms with van der Waals surface area (Å²) in [5.41, 5.74) is 0. The number of rotatable bonds is 10. The van der Waals surface area contributed by atoms with Gasteiger partial charge in [-0.3, -0.25) is 4.79 Å². The van der Waals surface area contributed by atoms with Gasteiger partial charge in [-0.15, -0.1) is 0 Å². The van der Waals surface area contributed by atoms with Crippen molar-refractivity contribution < 1.29 is 36.7 Å². The Morgan fingerprint density at radius 1 is 1.06 bits per heavy atom. The molecular formula is C21H25NO8S. The highest BCUT2D eigenvalue weighted by atomic mass is 32.2. The van der Waals surface area contributed by atoms with E-state index in [2.05, 4.69) is 10.1 Å². The van der Waals surface area contributed by atoms with Gasteiger partial charge >= 0.3 is 11.9 Å². The smallest absolute Gasteiger partial charge is 0.374 e. The van der Waals surface area contributed by atoms with E-state index in [1.54, 1.807) is 18.2 Å². The first-order valence-corrected chi connectivity index (χ1v) is 11.2. The molecule has 1 atom stereocenters. The van der Waals surface area contributed by atoms with Gasteiger partial charge in [0, 0.05) is 0 Å². The first-order valence-electron chi connectivity index (χ1n) is 9.53. The number of amides is 1. The van der Waals surface area contributed by atoms with Crippen LogP contribution in [0.1, 0.15) is 36.6 Å². The molecule has 1 heterocycles. The number of ether oxygens (including phenoxy) is 2. The molecule has 168 valence electrons.